The van der Waals surface area contributed by atoms with Crippen LogP contribution in [0.1, 0.15) is 74.9 Å². The topological polar surface area (TPSA) is 40.5 Å². The number of phenols is 2. The fourth-order valence-electron chi connectivity index (χ4n) is 4.07. The highest BCUT2D eigenvalue weighted by molar-refractivity contribution is 5.85. The van der Waals surface area contributed by atoms with E-state index in [1.54, 1.807) is 6.07 Å². The second kappa shape index (κ2) is 6.33. The van der Waals surface area contributed by atoms with Crippen LogP contribution >= 0.6 is 0 Å². The maximum Gasteiger partial charge on any atom is 0.127 e. The van der Waals surface area contributed by atoms with Gasteiger partial charge < -0.3 is 10.2 Å². The number of hydrogen-bond donors (Lipinski definition) is 2. The van der Waals surface area contributed by atoms with Crippen molar-refractivity contribution in [1.82, 2.24) is 0 Å². The predicted molar refractivity (Wildman–Crippen MR) is 112 cm³/mol. The Labute approximate surface area is 158 Å². The van der Waals surface area contributed by atoms with Gasteiger partial charge in [-0.15, -0.1) is 0 Å². The smallest absolute Gasteiger partial charge is 0.127 e. The highest BCUT2D eigenvalue weighted by atomic mass is 16.3. The van der Waals surface area contributed by atoms with E-state index in [1.165, 1.54) is 11.1 Å². The molecule has 0 aliphatic rings. The van der Waals surface area contributed by atoms with Crippen LogP contribution in [-0.2, 0) is 10.8 Å². The summed E-state index contributed by atoms with van der Waals surface area (Å²) in [5.74, 6) is 0.517. The summed E-state index contributed by atoms with van der Waals surface area (Å²) >= 11 is 0. The average molecular weight is 355 g/mol. The highest BCUT2D eigenvalue weighted by Gasteiger charge is 2.33. The number of benzene rings is 2. The molecule has 0 spiro atoms. The molecule has 2 nitrogen and oxygen atoms in total. The number of phenolic OH excluding ortho intramolecular Hbond substituents is 2. The molecule has 0 bridgehead atoms. The lowest BCUT2D eigenvalue weighted by Crippen LogP contribution is -2.24. The summed E-state index contributed by atoms with van der Waals surface area (Å²) < 4.78 is 0. The van der Waals surface area contributed by atoms with Crippen LogP contribution in [0.5, 0.6) is 11.5 Å². The lowest BCUT2D eigenvalue weighted by molar-refractivity contribution is 0.434. The van der Waals surface area contributed by atoms with Crippen molar-refractivity contribution < 1.29 is 10.2 Å². The van der Waals surface area contributed by atoms with Crippen molar-refractivity contribution in [3.63, 3.8) is 0 Å². The van der Waals surface area contributed by atoms with Gasteiger partial charge in [-0.25, -0.2) is 0 Å². The van der Waals surface area contributed by atoms with Crippen LogP contribution in [-0.4, -0.2) is 10.2 Å². The monoisotopic (exact) mass is 354 g/mol. The summed E-state index contributed by atoms with van der Waals surface area (Å²) in [6, 6.07) is 3.64. The van der Waals surface area contributed by atoms with Crippen molar-refractivity contribution >= 4 is 0 Å². The van der Waals surface area contributed by atoms with Gasteiger partial charge in [-0.1, -0.05) is 47.6 Å². The number of rotatable bonds is 1. The molecule has 0 unspecified atom stereocenters. The van der Waals surface area contributed by atoms with Crippen LogP contribution in [0.3, 0.4) is 0 Å². The highest BCUT2D eigenvalue weighted by Crippen LogP contribution is 2.50. The Bertz CT molecular complexity index is 860. The molecule has 0 amide bonds. The molecule has 2 aromatic rings. The molecule has 0 aliphatic heterocycles. The maximum atomic E-state index is 11.5. The first-order chi connectivity index (χ1) is 11.7. The van der Waals surface area contributed by atoms with E-state index in [2.05, 4.69) is 48.5 Å². The summed E-state index contributed by atoms with van der Waals surface area (Å²) in [5.41, 5.74) is 7.72. The molecule has 0 heterocycles. The fourth-order valence-corrected chi connectivity index (χ4v) is 4.07. The lowest BCUT2D eigenvalue weighted by atomic mass is 9.70. The van der Waals surface area contributed by atoms with Gasteiger partial charge in [0.05, 0.1) is 0 Å². The summed E-state index contributed by atoms with van der Waals surface area (Å²) in [7, 11) is 0. The van der Waals surface area contributed by atoms with Crippen molar-refractivity contribution in [3.8, 4) is 22.6 Å². The predicted octanol–water partition coefficient (Wildman–Crippen LogP) is 6.59. The molecule has 0 atom stereocenters. The van der Waals surface area contributed by atoms with Crippen LogP contribution < -0.4 is 0 Å². The Hall–Kier alpha value is -1.96. The van der Waals surface area contributed by atoms with E-state index in [1.807, 2.05) is 26.8 Å². The Morgan fingerprint density at radius 1 is 0.615 bits per heavy atom. The van der Waals surface area contributed by atoms with Crippen molar-refractivity contribution in [2.24, 2.45) is 0 Å². The standard InChI is InChI=1S/C24H34O2/c1-13-11-12-17(25)18(14(13)2)19-15(3)16(4)20(23(5,6)7)21(22(19)26)24(8,9)10/h11-12,25-26H,1-10H3. The van der Waals surface area contributed by atoms with Gasteiger partial charge in [0.1, 0.15) is 11.5 Å². The second-order valence-corrected chi connectivity index (χ2v) is 9.63. The summed E-state index contributed by atoms with van der Waals surface area (Å²) in [4.78, 5) is 0. The number of aryl methyl sites for hydroxylation is 1. The van der Waals surface area contributed by atoms with Crippen molar-refractivity contribution in [1.29, 1.82) is 0 Å². The molecule has 0 radical (unpaired) electrons. The molecule has 26 heavy (non-hydrogen) atoms. The third-order valence-corrected chi connectivity index (χ3v) is 5.50. The molecule has 2 aromatic carbocycles. The van der Waals surface area contributed by atoms with Crippen molar-refractivity contribution in [2.45, 2.75) is 80.1 Å². The van der Waals surface area contributed by atoms with Gasteiger partial charge in [-0.3, -0.25) is 0 Å². The van der Waals surface area contributed by atoms with E-state index in [4.69, 9.17) is 0 Å². The largest absolute Gasteiger partial charge is 0.507 e. The molecule has 0 saturated heterocycles. The van der Waals surface area contributed by atoms with Gasteiger partial charge in [0.25, 0.3) is 0 Å². The summed E-state index contributed by atoms with van der Waals surface area (Å²) in [6.45, 7) is 21.2. The molecule has 0 saturated carbocycles. The third-order valence-electron chi connectivity index (χ3n) is 5.50. The zero-order chi connectivity index (χ0) is 20.2. The number of aromatic hydroxyl groups is 2. The van der Waals surface area contributed by atoms with Crippen molar-refractivity contribution in [3.05, 3.63) is 45.5 Å². The van der Waals surface area contributed by atoms with Crippen LogP contribution in [0.4, 0.5) is 0 Å². The molecule has 2 heteroatoms. The lowest BCUT2D eigenvalue weighted by Gasteiger charge is -2.35. The molecule has 0 fully saturated rings. The first-order valence-electron chi connectivity index (χ1n) is 9.36. The Morgan fingerprint density at radius 3 is 1.58 bits per heavy atom. The van der Waals surface area contributed by atoms with Gasteiger partial charge in [0.2, 0.25) is 0 Å². The van der Waals surface area contributed by atoms with Crippen LogP contribution in [0.15, 0.2) is 12.1 Å². The first kappa shape index (κ1) is 20.4. The molecule has 2 rings (SSSR count). The van der Waals surface area contributed by atoms with Gasteiger partial charge in [0.15, 0.2) is 0 Å². The molecule has 0 aliphatic carbocycles. The van der Waals surface area contributed by atoms with Gasteiger partial charge in [-0.2, -0.15) is 0 Å². The molecule has 0 aromatic heterocycles. The Kier molecular flexibility index (Phi) is 4.96. The van der Waals surface area contributed by atoms with Crippen LogP contribution in [0.25, 0.3) is 11.1 Å². The third kappa shape index (κ3) is 3.22. The molecular weight excluding hydrogens is 320 g/mol. The van der Waals surface area contributed by atoms with Gasteiger partial charge >= 0.3 is 0 Å². The second-order valence-electron chi connectivity index (χ2n) is 9.63. The SMILES string of the molecule is Cc1ccc(O)c(-c2c(C)c(C)c(C(C)(C)C)c(C(C)(C)C)c2O)c1C. The van der Waals surface area contributed by atoms with Gasteiger partial charge in [0, 0.05) is 16.7 Å². The average Bonchev–Trinajstić information content (AvgIpc) is 2.47. The van der Waals surface area contributed by atoms with E-state index in [0.717, 1.165) is 33.4 Å². The van der Waals surface area contributed by atoms with E-state index < -0.39 is 0 Å². The normalized spacial score (nSPS) is 12.5. The zero-order valence-electron chi connectivity index (χ0n) is 18.0. The Morgan fingerprint density at radius 2 is 1.12 bits per heavy atom. The fraction of sp³-hybridized carbons (Fsp3) is 0.500. The van der Waals surface area contributed by atoms with E-state index in [9.17, 15) is 10.2 Å². The Balaban J connectivity index is 3.10. The minimum atomic E-state index is -0.215. The quantitative estimate of drug-likeness (QED) is 0.606. The zero-order valence-corrected chi connectivity index (χ0v) is 18.0. The van der Waals surface area contributed by atoms with E-state index in [-0.39, 0.29) is 16.6 Å². The minimum absolute atomic E-state index is 0.0862. The first-order valence-corrected chi connectivity index (χ1v) is 9.36. The van der Waals surface area contributed by atoms with Crippen molar-refractivity contribution in [2.75, 3.05) is 0 Å². The minimum Gasteiger partial charge on any atom is -0.507 e. The van der Waals surface area contributed by atoms with Crippen LogP contribution in [0, 0.1) is 27.7 Å². The summed E-state index contributed by atoms with van der Waals surface area (Å²) in [6.07, 6.45) is 0. The molecular formula is C24H34O2. The maximum absolute atomic E-state index is 11.5. The van der Waals surface area contributed by atoms with Gasteiger partial charge in [-0.05, 0) is 72.4 Å². The van der Waals surface area contributed by atoms with E-state index >= 15 is 0 Å². The molecule has 2 N–H and O–H groups in total. The summed E-state index contributed by atoms with van der Waals surface area (Å²) in [5, 5.41) is 22.1. The van der Waals surface area contributed by atoms with E-state index in [0.29, 0.717) is 5.75 Å². The van der Waals surface area contributed by atoms with Crippen LogP contribution in [0.2, 0.25) is 0 Å². The number of hydrogen-bond acceptors (Lipinski definition) is 2. The molecule has 142 valence electrons.